The van der Waals surface area contributed by atoms with Gasteiger partial charge in [0.05, 0.1) is 22.9 Å². The van der Waals surface area contributed by atoms with E-state index < -0.39 is 0 Å². The number of aromatic amines is 1. The molecule has 130 valence electrons. The van der Waals surface area contributed by atoms with Crippen molar-refractivity contribution in [3.63, 3.8) is 0 Å². The van der Waals surface area contributed by atoms with Crippen molar-refractivity contribution in [3.8, 4) is 11.8 Å². The van der Waals surface area contributed by atoms with Crippen LogP contribution >= 0.6 is 0 Å². The summed E-state index contributed by atoms with van der Waals surface area (Å²) < 4.78 is 1.64. The van der Waals surface area contributed by atoms with Crippen molar-refractivity contribution in [2.75, 3.05) is 33.2 Å². The zero-order valence-corrected chi connectivity index (χ0v) is 14.5. The van der Waals surface area contributed by atoms with E-state index in [4.69, 9.17) is 5.26 Å². The molecule has 0 spiro atoms. The smallest absolute Gasteiger partial charge is 0.276 e. The van der Waals surface area contributed by atoms with Crippen LogP contribution in [0.2, 0.25) is 0 Å². The van der Waals surface area contributed by atoms with Gasteiger partial charge >= 0.3 is 0 Å². The third-order valence-electron chi connectivity index (χ3n) is 5.48. The molecule has 1 aromatic heterocycles. The average molecular weight is 337 g/mol. The van der Waals surface area contributed by atoms with E-state index in [0.717, 1.165) is 62.4 Å². The number of fused-ring (bicyclic) bond motifs is 1. The Balaban J connectivity index is 1.69. The van der Waals surface area contributed by atoms with Crippen molar-refractivity contribution in [2.24, 2.45) is 0 Å². The lowest BCUT2D eigenvalue weighted by molar-refractivity contribution is 0.102. The van der Waals surface area contributed by atoms with Crippen LogP contribution in [-0.4, -0.2) is 52.8 Å². The van der Waals surface area contributed by atoms with Crippen molar-refractivity contribution < 1.29 is 0 Å². The molecule has 1 N–H and O–H groups in total. The predicted molar refractivity (Wildman–Crippen MR) is 95.9 cm³/mol. The van der Waals surface area contributed by atoms with Gasteiger partial charge in [-0.1, -0.05) is 0 Å². The monoisotopic (exact) mass is 337 g/mol. The lowest BCUT2D eigenvalue weighted by atomic mass is 9.91. The van der Waals surface area contributed by atoms with Crippen LogP contribution in [0.25, 0.3) is 5.69 Å². The highest BCUT2D eigenvalue weighted by Gasteiger charge is 2.32. The van der Waals surface area contributed by atoms with E-state index in [-0.39, 0.29) is 11.6 Å². The van der Waals surface area contributed by atoms with Crippen molar-refractivity contribution in [2.45, 2.75) is 25.3 Å². The van der Waals surface area contributed by atoms with Crippen LogP contribution in [-0.2, 0) is 6.42 Å². The molecule has 4 rings (SSSR count). The minimum absolute atomic E-state index is 0.0586. The Kier molecular flexibility index (Phi) is 4.20. The SMILES string of the molecule is CN1CCN(C2CCCc3[nH]n(-c4ccc(C#N)cc4)c(=O)c32)CC1. The Morgan fingerprint density at radius 3 is 2.56 bits per heavy atom. The fourth-order valence-corrected chi connectivity index (χ4v) is 4.01. The van der Waals surface area contributed by atoms with Crippen LogP contribution < -0.4 is 5.56 Å². The third-order valence-corrected chi connectivity index (χ3v) is 5.48. The number of nitrogens with zero attached hydrogens (tertiary/aromatic N) is 4. The van der Waals surface area contributed by atoms with Crippen molar-refractivity contribution in [1.29, 1.82) is 5.26 Å². The minimum atomic E-state index is 0.0586. The molecule has 6 nitrogen and oxygen atoms in total. The number of nitriles is 1. The van der Waals surface area contributed by atoms with Gasteiger partial charge in [0, 0.05) is 37.9 Å². The summed E-state index contributed by atoms with van der Waals surface area (Å²) >= 11 is 0. The van der Waals surface area contributed by atoms with E-state index in [1.807, 2.05) is 12.1 Å². The first-order chi connectivity index (χ1) is 12.2. The van der Waals surface area contributed by atoms with E-state index in [1.165, 1.54) is 0 Å². The van der Waals surface area contributed by atoms with E-state index in [9.17, 15) is 4.79 Å². The Morgan fingerprint density at radius 2 is 1.88 bits per heavy atom. The standard InChI is InChI=1S/C19H23N5O/c1-22-9-11-23(12-10-22)17-4-2-3-16-18(17)19(25)24(21-16)15-7-5-14(13-20)6-8-15/h5-8,17,21H,2-4,9-12H2,1H3. The van der Waals surface area contributed by atoms with Gasteiger partial charge in [-0.15, -0.1) is 0 Å². The Hall–Kier alpha value is -2.36. The number of hydrogen-bond donors (Lipinski definition) is 1. The molecule has 2 heterocycles. The van der Waals surface area contributed by atoms with Gasteiger partial charge in [0.15, 0.2) is 0 Å². The van der Waals surface area contributed by atoms with E-state index >= 15 is 0 Å². The molecule has 0 amide bonds. The van der Waals surface area contributed by atoms with Gasteiger partial charge in [-0.05, 0) is 50.6 Å². The topological polar surface area (TPSA) is 68.1 Å². The quantitative estimate of drug-likeness (QED) is 0.905. The molecule has 0 saturated carbocycles. The van der Waals surface area contributed by atoms with Crippen LogP contribution in [0.5, 0.6) is 0 Å². The molecule has 2 aromatic rings. The zero-order chi connectivity index (χ0) is 17.4. The highest BCUT2D eigenvalue weighted by Crippen LogP contribution is 2.32. The predicted octanol–water partition coefficient (Wildman–Crippen LogP) is 1.66. The van der Waals surface area contributed by atoms with Gasteiger partial charge in [0.2, 0.25) is 0 Å². The molecule has 1 saturated heterocycles. The van der Waals surface area contributed by atoms with Crippen molar-refractivity contribution in [1.82, 2.24) is 19.6 Å². The molecule has 0 bridgehead atoms. The maximum Gasteiger partial charge on any atom is 0.276 e. The second-order valence-corrected chi connectivity index (χ2v) is 7.05. The fourth-order valence-electron chi connectivity index (χ4n) is 4.01. The maximum atomic E-state index is 13.1. The van der Waals surface area contributed by atoms with Crippen LogP contribution in [0, 0.1) is 11.3 Å². The largest absolute Gasteiger partial charge is 0.304 e. The summed E-state index contributed by atoms with van der Waals surface area (Å²) in [6.07, 6.45) is 3.09. The van der Waals surface area contributed by atoms with Gasteiger partial charge in [-0.2, -0.15) is 5.26 Å². The van der Waals surface area contributed by atoms with E-state index in [2.05, 4.69) is 28.0 Å². The zero-order valence-electron chi connectivity index (χ0n) is 14.5. The highest BCUT2D eigenvalue weighted by atomic mass is 16.1. The highest BCUT2D eigenvalue weighted by molar-refractivity contribution is 5.40. The van der Waals surface area contributed by atoms with Gasteiger partial charge in [-0.3, -0.25) is 14.8 Å². The Bertz CT molecular complexity index is 849. The van der Waals surface area contributed by atoms with Crippen LogP contribution in [0.3, 0.4) is 0 Å². The Morgan fingerprint density at radius 1 is 1.16 bits per heavy atom. The number of piperazine rings is 1. The van der Waals surface area contributed by atoms with E-state index in [1.54, 1.807) is 16.8 Å². The number of nitrogens with one attached hydrogen (secondary N) is 1. The Labute approximate surface area is 147 Å². The van der Waals surface area contributed by atoms with Crippen molar-refractivity contribution >= 4 is 0 Å². The normalized spacial score (nSPS) is 21.7. The van der Waals surface area contributed by atoms with Crippen LogP contribution in [0.1, 0.15) is 35.7 Å². The third kappa shape index (κ3) is 2.90. The molecule has 1 fully saturated rings. The summed E-state index contributed by atoms with van der Waals surface area (Å²) in [5.74, 6) is 0. The molecule has 1 unspecified atom stereocenters. The summed E-state index contributed by atoms with van der Waals surface area (Å²) in [6, 6.07) is 9.49. The van der Waals surface area contributed by atoms with Gasteiger partial charge < -0.3 is 4.90 Å². The van der Waals surface area contributed by atoms with Crippen LogP contribution in [0.4, 0.5) is 0 Å². The molecule has 0 radical (unpaired) electrons. The molecular weight excluding hydrogens is 314 g/mol. The number of rotatable bonds is 2. The summed E-state index contributed by atoms with van der Waals surface area (Å²) in [4.78, 5) is 17.9. The summed E-state index contributed by atoms with van der Waals surface area (Å²) in [5, 5.41) is 12.3. The molecule has 2 aliphatic rings. The van der Waals surface area contributed by atoms with Gasteiger partial charge in [0.1, 0.15) is 0 Å². The van der Waals surface area contributed by atoms with Crippen LogP contribution in [0.15, 0.2) is 29.1 Å². The summed E-state index contributed by atoms with van der Waals surface area (Å²) in [5.41, 5.74) is 3.46. The molecule has 1 aliphatic heterocycles. The average Bonchev–Trinajstić information content (AvgIpc) is 2.99. The van der Waals surface area contributed by atoms with Gasteiger partial charge in [0.25, 0.3) is 5.56 Å². The van der Waals surface area contributed by atoms with Crippen molar-refractivity contribution in [3.05, 3.63) is 51.4 Å². The number of H-pyrrole nitrogens is 1. The second kappa shape index (κ2) is 6.51. The lowest BCUT2D eigenvalue weighted by Crippen LogP contribution is -2.47. The van der Waals surface area contributed by atoms with E-state index in [0.29, 0.717) is 5.56 Å². The molecule has 1 aliphatic carbocycles. The molecule has 6 heteroatoms. The number of likely N-dealkylation sites (N-methyl/N-ethyl adjacent to an activating group) is 1. The lowest BCUT2D eigenvalue weighted by Gasteiger charge is -2.39. The molecular formula is C19H23N5O. The second-order valence-electron chi connectivity index (χ2n) is 7.05. The number of benzene rings is 1. The van der Waals surface area contributed by atoms with Gasteiger partial charge in [-0.25, -0.2) is 4.68 Å². The first-order valence-electron chi connectivity index (χ1n) is 8.94. The molecule has 1 aromatic carbocycles. The minimum Gasteiger partial charge on any atom is -0.304 e. The number of aromatic nitrogens is 2. The molecule has 1 atom stereocenters. The number of aryl methyl sites for hydroxylation is 1. The fraction of sp³-hybridized carbons (Fsp3) is 0.474. The maximum absolute atomic E-state index is 13.1. The summed E-state index contributed by atoms with van der Waals surface area (Å²) in [6.45, 7) is 4.14. The number of hydrogen-bond acceptors (Lipinski definition) is 4. The molecule has 25 heavy (non-hydrogen) atoms. The first kappa shape index (κ1) is 16.1. The summed E-state index contributed by atoms with van der Waals surface area (Å²) in [7, 11) is 2.15. The first-order valence-corrected chi connectivity index (χ1v) is 8.94.